The molecule has 0 radical (unpaired) electrons. The van der Waals surface area contributed by atoms with Gasteiger partial charge in [0.25, 0.3) is 0 Å². The Kier molecular flexibility index (Phi) is 4.04. The molecule has 1 atom stereocenters. The number of phenols is 1. The predicted molar refractivity (Wildman–Crippen MR) is 81.2 cm³/mol. The molecule has 1 aromatic carbocycles. The van der Waals surface area contributed by atoms with Crippen molar-refractivity contribution in [1.29, 1.82) is 0 Å². The van der Waals surface area contributed by atoms with Crippen LogP contribution in [0.1, 0.15) is 18.5 Å². The average molecular weight is 308 g/mol. The minimum Gasteiger partial charge on any atom is -0.504 e. The maximum atomic E-state index is 11.6. The molecule has 0 bridgehead atoms. The Bertz CT molecular complexity index is 642. The van der Waals surface area contributed by atoms with Gasteiger partial charge in [-0.05, 0) is 36.8 Å². The minimum absolute atomic E-state index is 0.0461. The third-order valence-corrected chi connectivity index (χ3v) is 3.82. The summed E-state index contributed by atoms with van der Waals surface area (Å²) in [5.74, 6) is -0.750. The normalized spacial score (nSPS) is 18.5. The molecule has 3 N–H and O–H groups in total. The molecule has 0 amide bonds. The monoisotopic (exact) mass is 308 g/mol. The van der Waals surface area contributed by atoms with E-state index >= 15 is 0 Å². The maximum absolute atomic E-state index is 11.6. The first-order valence-electron chi connectivity index (χ1n) is 6.21. The fourth-order valence-electron chi connectivity index (χ4n) is 2.38. The first-order valence-corrected chi connectivity index (χ1v) is 6.62. The SMILES string of the molecule is COc1ccc(C2C(C(=O)O)=C(C)NC(=S)N2C)cc1O. The number of benzene rings is 1. The molecule has 0 saturated carbocycles. The third-order valence-electron chi connectivity index (χ3n) is 3.43. The number of thiocarbonyl (C=S) groups is 1. The highest BCUT2D eigenvalue weighted by atomic mass is 32.1. The van der Waals surface area contributed by atoms with Gasteiger partial charge in [0.2, 0.25) is 0 Å². The van der Waals surface area contributed by atoms with Crippen LogP contribution in [0.5, 0.6) is 11.5 Å². The van der Waals surface area contributed by atoms with Crippen molar-refractivity contribution in [2.75, 3.05) is 14.2 Å². The van der Waals surface area contributed by atoms with E-state index in [0.717, 1.165) is 0 Å². The zero-order valence-corrected chi connectivity index (χ0v) is 12.7. The summed E-state index contributed by atoms with van der Waals surface area (Å²) in [6.07, 6.45) is 0. The molecule has 0 fully saturated rings. The summed E-state index contributed by atoms with van der Waals surface area (Å²) in [5.41, 5.74) is 1.30. The van der Waals surface area contributed by atoms with Crippen LogP contribution in [0.25, 0.3) is 0 Å². The third kappa shape index (κ3) is 2.64. The molecule has 0 aromatic heterocycles. The lowest BCUT2D eigenvalue weighted by Gasteiger charge is -2.36. The fourth-order valence-corrected chi connectivity index (χ4v) is 2.64. The van der Waals surface area contributed by atoms with Crippen molar-refractivity contribution in [3.05, 3.63) is 35.0 Å². The van der Waals surface area contributed by atoms with Crippen LogP contribution >= 0.6 is 12.2 Å². The van der Waals surface area contributed by atoms with Crippen molar-refractivity contribution in [3.8, 4) is 11.5 Å². The molecule has 1 heterocycles. The van der Waals surface area contributed by atoms with E-state index in [-0.39, 0.29) is 11.3 Å². The van der Waals surface area contributed by atoms with Gasteiger partial charge in [-0.2, -0.15) is 0 Å². The number of carboxylic acid groups (broad SMARTS) is 1. The van der Waals surface area contributed by atoms with E-state index in [1.165, 1.54) is 13.2 Å². The standard InChI is InChI=1S/C14H16N2O4S/c1-7-11(13(18)19)12(16(2)14(21)15-7)8-4-5-10(20-3)9(17)6-8/h4-6,12,17H,1-3H3,(H,15,21)(H,18,19). The molecular formula is C14H16N2O4S. The predicted octanol–water partition coefficient (Wildman–Crippen LogP) is 1.62. The van der Waals surface area contributed by atoms with E-state index in [2.05, 4.69) is 5.32 Å². The Morgan fingerprint density at radius 2 is 2.14 bits per heavy atom. The maximum Gasteiger partial charge on any atom is 0.335 e. The lowest BCUT2D eigenvalue weighted by Crippen LogP contribution is -2.46. The Morgan fingerprint density at radius 1 is 1.48 bits per heavy atom. The van der Waals surface area contributed by atoms with Gasteiger partial charge in [0.1, 0.15) is 0 Å². The average Bonchev–Trinajstić information content (AvgIpc) is 2.41. The van der Waals surface area contributed by atoms with Crippen LogP contribution in [0.15, 0.2) is 29.5 Å². The molecule has 1 unspecified atom stereocenters. The van der Waals surface area contributed by atoms with Gasteiger partial charge in [0.15, 0.2) is 16.6 Å². The summed E-state index contributed by atoms with van der Waals surface area (Å²) in [4.78, 5) is 13.2. The van der Waals surface area contributed by atoms with E-state index in [1.807, 2.05) is 0 Å². The van der Waals surface area contributed by atoms with Gasteiger partial charge < -0.3 is 25.2 Å². The lowest BCUT2D eigenvalue weighted by atomic mass is 9.94. The number of nitrogens with zero attached hydrogens (tertiary/aromatic N) is 1. The highest BCUT2D eigenvalue weighted by Crippen LogP contribution is 2.36. The van der Waals surface area contributed by atoms with Crippen molar-refractivity contribution in [1.82, 2.24) is 10.2 Å². The fraction of sp³-hybridized carbons (Fsp3) is 0.286. The number of carbonyl (C=O) groups is 1. The number of allylic oxidation sites excluding steroid dienone is 1. The zero-order chi connectivity index (χ0) is 15.7. The number of hydrogen-bond acceptors (Lipinski definition) is 4. The first-order chi connectivity index (χ1) is 9.86. The molecule has 6 nitrogen and oxygen atoms in total. The van der Waals surface area contributed by atoms with Gasteiger partial charge in [-0.1, -0.05) is 6.07 Å². The molecule has 1 aliphatic heterocycles. The van der Waals surface area contributed by atoms with Gasteiger partial charge in [0.05, 0.1) is 18.7 Å². The summed E-state index contributed by atoms with van der Waals surface area (Å²) >= 11 is 5.20. The van der Waals surface area contributed by atoms with Gasteiger partial charge >= 0.3 is 5.97 Å². The highest BCUT2D eigenvalue weighted by molar-refractivity contribution is 7.80. The summed E-state index contributed by atoms with van der Waals surface area (Å²) in [6, 6.07) is 4.22. The number of aliphatic carboxylic acids is 1. The number of phenolic OH excluding ortho intramolecular Hbond substituents is 1. The Morgan fingerprint density at radius 3 is 2.67 bits per heavy atom. The smallest absolute Gasteiger partial charge is 0.335 e. The number of aromatic hydroxyl groups is 1. The second-order valence-corrected chi connectivity index (χ2v) is 5.11. The summed E-state index contributed by atoms with van der Waals surface area (Å²) < 4.78 is 5.00. The molecule has 1 aromatic rings. The first kappa shape index (κ1) is 15.1. The number of rotatable bonds is 3. The van der Waals surface area contributed by atoms with Crippen molar-refractivity contribution >= 4 is 23.3 Å². The van der Waals surface area contributed by atoms with Crippen molar-refractivity contribution in [3.63, 3.8) is 0 Å². The largest absolute Gasteiger partial charge is 0.504 e. The molecule has 21 heavy (non-hydrogen) atoms. The number of carboxylic acids is 1. The van der Waals surface area contributed by atoms with Crippen LogP contribution in [0, 0.1) is 0 Å². The number of likely N-dealkylation sites (N-methyl/N-ethyl adjacent to an activating group) is 1. The molecule has 1 aliphatic rings. The Hall–Kier alpha value is -2.28. The second kappa shape index (κ2) is 5.61. The van der Waals surface area contributed by atoms with Crippen LogP contribution < -0.4 is 10.1 Å². The van der Waals surface area contributed by atoms with Crippen LogP contribution in [-0.2, 0) is 4.79 Å². The van der Waals surface area contributed by atoms with Crippen LogP contribution in [0.4, 0.5) is 0 Å². The number of nitrogens with one attached hydrogen (secondary N) is 1. The lowest BCUT2D eigenvalue weighted by molar-refractivity contribution is -0.133. The molecule has 7 heteroatoms. The molecule has 0 aliphatic carbocycles. The van der Waals surface area contributed by atoms with E-state index in [1.54, 1.807) is 31.0 Å². The molecule has 0 spiro atoms. The van der Waals surface area contributed by atoms with Gasteiger partial charge in [-0.15, -0.1) is 0 Å². The van der Waals surface area contributed by atoms with E-state index in [0.29, 0.717) is 22.1 Å². The topological polar surface area (TPSA) is 82.0 Å². The highest BCUT2D eigenvalue weighted by Gasteiger charge is 2.34. The Balaban J connectivity index is 2.57. The van der Waals surface area contributed by atoms with Gasteiger partial charge in [0, 0.05) is 12.7 Å². The van der Waals surface area contributed by atoms with E-state index in [4.69, 9.17) is 17.0 Å². The van der Waals surface area contributed by atoms with Crippen molar-refractivity contribution < 1.29 is 19.7 Å². The zero-order valence-electron chi connectivity index (χ0n) is 11.9. The van der Waals surface area contributed by atoms with E-state index < -0.39 is 12.0 Å². The van der Waals surface area contributed by atoms with Crippen LogP contribution in [0.3, 0.4) is 0 Å². The summed E-state index contributed by atoms with van der Waals surface area (Å²) in [7, 11) is 3.16. The van der Waals surface area contributed by atoms with Crippen molar-refractivity contribution in [2.45, 2.75) is 13.0 Å². The number of ether oxygens (including phenoxy) is 1. The van der Waals surface area contributed by atoms with E-state index in [9.17, 15) is 15.0 Å². The Labute approximate surface area is 127 Å². The van der Waals surface area contributed by atoms with Gasteiger partial charge in [-0.3, -0.25) is 0 Å². The van der Waals surface area contributed by atoms with Crippen LogP contribution in [-0.4, -0.2) is 40.4 Å². The summed E-state index contributed by atoms with van der Waals surface area (Å²) in [6.45, 7) is 1.67. The molecule has 0 saturated heterocycles. The minimum atomic E-state index is -1.03. The molecular weight excluding hydrogens is 292 g/mol. The molecule has 112 valence electrons. The number of hydrogen-bond donors (Lipinski definition) is 3. The second-order valence-electron chi connectivity index (χ2n) is 4.72. The quantitative estimate of drug-likeness (QED) is 0.732. The summed E-state index contributed by atoms with van der Waals surface area (Å²) in [5, 5.41) is 22.7. The molecule has 2 rings (SSSR count). The van der Waals surface area contributed by atoms with Crippen molar-refractivity contribution in [2.24, 2.45) is 0 Å². The van der Waals surface area contributed by atoms with Gasteiger partial charge in [-0.25, -0.2) is 4.79 Å². The van der Waals surface area contributed by atoms with Crippen LogP contribution in [0.2, 0.25) is 0 Å². The number of methoxy groups -OCH3 is 1.